The van der Waals surface area contributed by atoms with Crippen LogP contribution in [0.25, 0.3) is 0 Å². The van der Waals surface area contributed by atoms with Crippen molar-refractivity contribution < 1.29 is 4.43 Å². The molecule has 0 radical (unpaired) electrons. The minimum absolute atomic E-state index is 0.250. The second kappa shape index (κ2) is 6.90. The molecule has 0 heterocycles. The van der Waals surface area contributed by atoms with E-state index in [0.717, 1.165) is 12.3 Å². The van der Waals surface area contributed by atoms with Gasteiger partial charge in [-0.2, -0.15) is 0 Å². The normalized spacial score (nSPS) is 14.6. The zero-order valence-corrected chi connectivity index (χ0v) is 15.4. The predicted molar refractivity (Wildman–Crippen MR) is 91.5 cm³/mol. The van der Waals surface area contributed by atoms with Crippen LogP contribution in [0.1, 0.15) is 59.1 Å². The molecule has 0 fully saturated rings. The van der Waals surface area contributed by atoms with Gasteiger partial charge in [-0.1, -0.05) is 65.0 Å². The topological polar surface area (TPSA) is 9.23 Å². The lowest BCUT2D eigenvalue weighted by Crippen LogP contribution is -2.41. The van der Waals surface area contributed by atoms with Crippen LogP contribution in [-0.2, 0) is 4.43 Å². The van der Waals surface area contributed by atoms with Crippen molar-refractivity contribution in [2.24, 2.45) is 5.92 Å². The number of rotatable bonds is 6. The van der Waals surface area contributed by atoms with Crippen LogP contribution in [0.15, 0.2) is 30.3 Å². The molecule has 0 amide bonds. The van der Waals surface area contributed by atoms with Gasteiger partial charge in [-0.15, -0.1) is 0 Å². The van der Waals surface area contributed by atoms with E-state index in [9.17, 15) is 0 Å². The molecule has 2 heteroatoms. The molecular formula is C18H32OSi. The molecule has 20 heavy (non-hydrogen) atoms. The Kier molecular flexibility index (Phi) is 6.02. The lowest BCUT2D eigenvalue weighted by molar-refractivity contribution is 0.165. The largest absolute Gasteiger partial charge is 0.410 e. The van der Waals surface area contributed by atoms with Crippen molar-refractivity contribution in [2.75, 3.05) is 0 Å². The monoisotopic (exact) mass is 292 g/mol. The molecule has 1 nitrogen and oxygen atoms in total. The first-order valence-electron chi connectivity index (χ1n) is 7.86. The maximum absolute atomic E-state index is 6.68. The average molecular weight is 293 g/mol. The molecule has 0 aromatic heterocycles. The Morgan fingerprint density at radius 2 is 1.55 bits per heavy atom. The molecule has 0 spiro atoms. The lowest BCUT2D eigenvalue weighted by Gasteiger charge is -2.39. The van der Waals surface area contributed by atoms with Gasteiger partial charge in [0, 0.05) is 0 Å². The first-order valence-corrected chi connectivity index (χ1v) is 10.8. The van der Waals surface area contributed by atoms with Crippen LogP contribution < -0.4 is 0 Å². The van der Waals surface area contributed by atoms with E-state index in [-0.39, 0.29) is 11.1 Å². The van der Waals surface area contributed by atoms with Gasteiger partial charge in [0.2, 0.25) is 0 Å². The van der Waals surface area contributed by atoms with E-state index in [1.54, 1.807) is 0 Å². The Hall–Kier alpha value is -0.603. The fourth-order valence-corrected chi connectivity index (χ4v) is 3.30. The molecule has 1 aromatic carbocycles. The second-order valence-electron chi connectivity index (χ2n) is 7.75. The van der Waals surface area contributed by atoms with Crippen molar-refractivity contribution >= 4 is 8.32 Å². The van der Waals surface area contributed by atoms with Gasteiger partial charge in [-0.3, -0.25) is 0 Å². The van der Waals surface area contributed by atoms with Gasteiger partial charge >= 0.3 is 0 Å². The standard InChI is InChI=1S/C18H32OSi/c1-15(2)13-14-17(16-11-9-8-10-12-16)19-20(6,7)18(3,4)5/h8-12,15,17H,13-14H2,1-7H3. The third-order valence-corrected chi connectivity index (χ3v) is 8.91. The summed E-state index contributed by atoms with van der Waals surface area (Å²) in [5, 5.41) is 0.262. The van der Waals surface area contributed by atoms with Crippen LogP contribution in [0.2, 0.25) is 18.1 Å². The Morgan fingerprint density at radius 3 is 2.00 bits per heavy atom. The van der Waals surface area contributed by atoms with Gasteiger partial charge in [0.05, 0.1) is 6.10 Å². The van der Waals surface area contributed by atoms with Crippen LogP contribution >= 0.6 is 0 Å². The van der Waals surface area contributed by atoms with Crippen LogP contribution in [0.3, 0.4) is 0 Å². The summed E-state index contributed by atoms with van der Waals surface area (Å²) in [4.78, 5) is 0. The summed E-state index contributed by atoms with van der Waals surface area (Å²) in [7, 11) is -1.72. The summed E-state index contributed by atoms with van der Waals surface area (Å²) in [6.07, 6.45) is 2.59. The first kappa shape index (κ1) is 17.4. The maximum Gasteiger partial charge on any atom is 0.192 e. The molecule has 1 unspecified atom stereocenters. The lowest BCUT2D eigenvalue weighted by atomic mass is 10.0. The van der Waals surface area contributed by atoms with E-state index >= 15 is 0 Å². The molecule has 1 rings (SSSR count). The fraction of sp³-hybridized carbons (Fsp3) is 0.667. The molecule has 0 aliphatic carbocycles. The molecule has 0 aliphatic rings. The van der Waals surface area contributed by atoms with Crippen molar-refractivity contribution in [3.63, 3.8) is 0 Å². The Bertz CT molecular complexity index is 390. The summed E-state index contributed by atoms with van der Waals surface area (Å²) in [6.45, 7) is 16.2. The fourth-order valence-electron chi connectivity index (χ4n) is 1.98. The number of benzene rings is 1. The molecule has 114 valence electrons. The van der Waals surface area contributed by atoms with E-state index < -0.39 is 8.32 Å². The molecule has 1 aromatic rings. The summed E-state index contributed by atoms with van der Waals surface area (Å²) < 4.78 is 6.68. The van der Waals surface area contributed by atoms with E-state index in [1.807, 2.05) is 0 Å². The summed E-state index contributed by atoms with van der Waals surface area (Å²) in [5.74, 6) is 0.726. The molecule has 0 aliphatic heterocycles. The van der Waals surface area contributed by atoms with Gasteiger partial charge in [-0.05, 0) is 42.5 Å². The molecule has 0 saturated heterocycles. The molecule has 0 bridgehead atoms. The minimum atomic E-state index is -1.72. The van der Waals surface area contributed by atoms with E-state index in [1.165, 1.54) is 12.0 Å². The van der Waals surface area contributed by atoms with Crippen LogP contribution in [0.4, 0.5) is 0 Å². The highest BCUT2D eigenvalue weighted by Gasteiger charge is 2.39. The number of hydrogen-bond acceptors (Lipinski definition) is 1. The minimum Gasteiger partial charge on any atom is -0.410 e. The third kappa shape index (κ3) is 5.06. The van der Waals surface area contributed by atoms with Crippen LogP contribution in [0, 0.1) is 5.92 Å². The van der Waals surface area contributed by atoms with Crippen molar-refractivity contribution in [3.05, 3.63) is 35.9 Å². The summed E-state index contributed by atoms with van der Waals surface area (Å²) >= 11 is 0. The maximum atomic E-state index is 6.68. The van der Waals surface area contributed by atoms with Gasteiger partial charge in [-0.25, -0.2) is 0 Å². The van der Waals surface area contributed by atoms with Crippen molar-refractivity contribution in [1.29, 1.82) is 0 Å². The van der Waals surface area contributed by atoms with E-state index in [0.29, 0.717) is 0 Å². The Labute approximate surface area is 126 Å². The zero-order chi connectivity index (χ0) is 15.4. The SMILES string of the molecule is CC(C)CCC(O[Si](C)(C)C(C)(C)C)c1ccccc1. The molecule has 1 atom stereocenters. The Balaban J connectivity index is 2.89. The highest BCUT2D eigenvalue weighted by Crippen LogP contribution is 2.41. The average Bonchev–Trinajstić information content (AvgIpc) is 2.34. The highest BCUT2D eigenvalue weighted by molar-refractivity contribution is 6.74. The first-order chi connectivity index (χ1) is 9.13. The molecular weight excluding hydrogens is 260 g/mol. The smallest absolute Gasteiger partial charge is 0.192 e. The van der Waals surface area contributed by atoms with Crippen molar-refractivity contribution in [2.45, 2.75) is 71.7 Å². The summed E-state index contributed by atoms with van der Waals surface area (Å²) in [5.41, 5.74) is 1.33. The van der Waals surface area contributed by atoms with E-state index in [2.05, 4.69) is 78.0 Å². The number of hydrogen-bond donors (Lipinski definition) is 0. The van der Waals surface area contributed by atoms with Gasteiger partial charge in [0.15, 0.2) is 8.32 Å². The Morgan fingerprint density at radius 1 is 1.00 bits per heavy atom. The highest BCUT2D eigenvalue weighted by atomic mass is 28.4. The van der Waals surface area contributed by atoms with Gasteiger partial charge in [0.25, 0.3) is 0 Å². The summed E-state index contributed by atoms with van der Waals surface area (Å²) in [6, 6.07) is 10.7. The zero-order valence-electron chi connectivity index (χ0n) is 14.4. The third-order valence-electron chi connectivity index (χ3n) is 4.42. The second-order valence-corrected chi connectivity index (χ2v) is 12.5. The predicted octanol–water partition coefficient (Wildman–Crippen LogP) is 6.19. The van der Waals surface area contributed by atoms with Crippen LogP contribution in [-0.4, -0.2) is 8.32 Å². The molecule has 0 N–H and O–H groups in total. The van der Waals surface area contributed by atoms with E-state index in [4.69, 9.17) is 4.43 Å². The molecule has 0 saturated carbocycles. The quantitative estimate of drug-likeness (QED) is 0.568. The van der Waals surface area contributed by atoms with Crippen molar-refractivity contribution in [3.8, 4) is 0 Å². The van der Waals surface area contributed by atoms with Gasteiger partial charge in [0.1, 0.15) is 0 Å². The van der Waals surface area contributed by atoms with Crippen LogP contribution in [0.5, 0.6) is 0 Å². The van der Waals surface area contributed by atoms with Crippen molar-refractivity contribution in [1.82, 2.24) is 0 Å². The van der Waals surface area contributed by atoms with Gasteiger partial charge < -0.3 is 4.43 Å².